The number of ketones is 2. The van der Waals surface area contributed by atoms with Crippen LogP contribution in [0.5, 0.6) is 0 Å². The maximum Gasteiger partial charge on any atom is 0.233 e. The summed E-state index contributed by atoms with van der Waals surface area (Å²) in [6, 6.07) is 0.123. The van der Waals surface area contributed by atoms with Crippen LogP contribution in [-0.2, 0) is 14.4 Å². The molecule has 0 radical (unpaired) electrons. The van der Waals surface area contributed by atoms with E-state index in [0.29, 0.717) is 25.3 Å². The average molecular weight is 251 g/mol. The van der Waals surface area contributed by atoms with E-state index in [9.17, 15) is 14.4 Å². The molecule has 1 unspecified atom stereocenters. The largest absolute Gasteiger partial charge is 0.339 e. The Morgan fingerprint density at radius 3 is 2.56 bits per heavy atom. The molecule has 1 aliphatic carbocycles. The fourth-order valence-corrected chi connectivity index (χ4v) is 3.35. The lowest BCUT2D eigenvalue weighted by Gasteiger charge is -2.45. The summed E-state index contributed by atoms with van der Waals surface area (Å²) in [7, 11) is 0. The van der Waals surface area contributed by atoms with Crippen LogP contribution >= 0.6 is 0 Å². The minimum Gasteiger partial charge on any atom is -0.339 e. The molecule has 0 aromatic carbocycles. The fourth-order valence-electron chi connectivity index (χ4n) is 3.35. The number of Topliss-reactive ketones (excluding diaryl/α,β-unsaturated/α-hetero) is 2. The molecule has 0 aromatic rings. The first-order chi connectivity index (χ1) is 8.41. The Hall–Kier alpha value is -1.19. The smallest absolute Gasteiger partial charge is 0.233 e. The van der Waals surface area contributed by atoms with Crippen molar-refractivity contribution in [1.82, 2.24) is 4.90 Å². The molecule has 0 N–H and O–H groups in total. The van der Waals surface area contributed by atoms with Crippen LogP contribution in [0, 0.1) is 17.8 Å². The van der Waals surface area contributed by atoms with Gasteiger partial charge in [-0.05, 0) is 39.0 Å². The zero-order chi connectivity index (χ0) is 13.4. The molecule has 1 amide bonds. The second-order valence-corrected chi connectivity index (χ2v) is 5.88. The van der Waals surface area contributed by atoms with Gasteiger partial charge in [-0.2, -0.15) is 0 Å². The molecule has 4 heteroatoms. The molecule has 1 heterocycles. The molecule has 1 saturated carbocycles. The fraction of sp³-hybridized carbons (Fsp3) is 0.786. The molecular formula is C14H21NO3. The van der Waals surface area contributed by atoms with Gasteiger partial charge in [-0.1, -0.05) is 0 Å². The zero-order valence-electron chi connectivity index (χ0n) is 11.3. The first-order valence-electron chi connectivity index (χ1n) is 6.74. The summed E-state index contributed by atoms with van der Waals surface area (Å²) in [5, 5.41) is 0. The number of carbonyl (C=O) groups excluding carboxylic acids is 3. The highest BCUT2D eigenvalue weighted by Gasteiger charge is 2.47. The van der Waals surface area contributed by atoms with Crippen LogP contribution < -0.4 is 0 Å². The van der Waals surface area contributed by atoms with Gasteiger partial charge in [0.25, 0.3) is 0 Å². The van der Waals surface area contributed by atoms with Crippen molar-refractivity contribution in [3.8, 4) is 0 Å². The number of fused-ring (bicyclic) bond motifs is 1. The van der Waals surface area contributed by atoms with Crippen molar-refractivity contribution in [3.63, 3.8) is 0 Å². The number of nitrogens with zero attached hydrogens (tertiary/aromatic N) is 1. The Morgan fingerprint density at radius 1 is 1.33 bits per heavy atom. The van der Waals surface area contributed by atoms with E-state index in [1.165, 1.54) is 6.92 Å². The van der Waals surface area contributed by atoms with Crippen molar-refractivity contribution in [1.29, 1.82) is 0 Å². The van der Waals surface area contributed by atoms with Gasteiger partial charge in [0, 0.05) is 25.4 Å². The van der Waals surface area contributed by atoms with E-state index in [1.807, 2.05) is 18.7 Å². The van der Waals surface area contributed by atoms with E-state index in [4.69, 9.17) is 0 Å². The molecule has 100 valence electrons. The monoisotopic (exact) mass is 251 g/mol. The van der Waals surface area contributed by atoms with Crippen LogP contribution in [-0.4, -0.2) is 35.0 Å². The summed E-state index contributed by atoms with van der Waals surface area (Å²) in [6.45, 7) is 6.13. The lowest BCUT2D eigenvalue weighted by atomic mass is 9.67. The van der Waals surface area contributed by atoms with Crippen molar-refractivity contribution in [2.24, 2.45) is 17.8 Å². The van der Waals surface area contributed by atoms with Crippen LogP contribution in [0.15, 0.2) is 0 Å². The van der Waals surface area contributed by atoms with Gasteiger partial charge >= 0.3 is 0 Å². The van der Waals surface area contributed by atoms with Crippen LogP contribution in [0.2, 0.25) is 0 Å². The van der Waals surface area contributed by atoms with Gasteiger partial charge in [0.1, 0.15) is 11.6 Å². The number of hydrogen-bond acceptors (Lipinski definition) is 3. The van der Waals surface area contributed by atoms with Crippen LogP contribution in [0.25, 0.3) is 0 Å². The molecule has 3 atom stereocenters. The summed E-state index contributed by atoms with van der Waals surface area (Å²) in [4.78, 5) is 37.5. The lowest BCUT2D eigenvalue weighted by Crippen LogP contribution is -2.56. The topological polar surface area (TPSA) is 54.5 Å². The molecule has 2 aliphatic rings. The molecule has 0 bridgehead atoms. The van der Waals surface area contributed by atoms with Crippen LogP contribution in [0.4, 0.5) is 0 Å². The van der Waals surface area contributed by atoms with Crippen molar-refractivity contribution >= 4 is 17.5 Å². The molecule has 0 aromatic heterocycles. The minimum atomic E-state index is -0.588. The van der Waals surface area contributed by atoms with E-state index < -0.39 is 5.92 Å². The van der Waals surface area contributed by atoms with E-state index in [1.54, 1.807) is 0 Å². The van der Waals surface area contributed by atoms with E-state index in [2.05, 4.69) is 0 Å². The first kappa shape index (κ1) is 13.2. The second-order valence-electron chi connectivity index (χ2n) is 5.88. The number of rotatable bonds is 2. The van der Waals surface area contributed by atoms with Gasteiger partial charge in [-0.15, -0.1) is 0 Å². The predicted molar refractivity (Wildman–Crippen MR) is 66.9 cm³/mol. The minimum absolute atomic E-state index is 0.0498. The highest BCUT2D eigenvalue weighted by atomic mass is 16.2. The average Bonchev–Trinajstić information content (AvgIpc) is 2.26. The van der Waals surface area contributed by atoms with E-state index >= 15 is 0 Å². The Labute approximate surface area is 108 Å². The van der Waals surface area contributed by atoms with Crippen molar-refractivity contribution < 1.29 is 14.4 Å². The Morgan fingerprint density at radius 2 is 2.00 bits per heavy atom. The van der Waals surface area contributed by atoms with Crippen molar-refractivity contribution in [3.05, 3.63) is 0 Å². The lowest BCUT2D eigenvalue weighted by molar-refractivity contribution is -0.153. The highest BCUT2D eigenvalue weighted by molar-refractivity contribution is 6.02. The van der Waals surface area contributed by atoms with Gasteiger partial charge in [-0.3, -0.25) is 14.4 Å². The predicted octanol–water partition coefficient (Wildman–Crippen LogP) is 1.43. The van der Waals surface area contributed by atoms with Crippen LogP contribution in [0.3, 0.4) is 0 Å². The Bertz CT molecular complexity index is 389. The Balaban J connectivity index is 2.29. The Kier molecular flexibility index (Phi) is 3.55. The van der Waals surface area contributed by atoms with Crippen molar-refractivity contribution in [2.45, 2.75) is 46.1 Å². The molecule has 0 spiro atoms. The standard InChI is InChI=1S/C14H21NO3/c1-8(2)15-7-10-4-5-11(17)6-12(10)13(9(3)16)14(15)18/h8,10,12-13H,4-7H2,1-3H3/t10-,12-,13?/m0/s1. The normalized spacial score (nSPS) is 32.7. The van der Waals surface area contributed by atoms with E-state index in [0.717, 1.165) is 6.42 Å². The SMILES string of the molecule is CC(=O)C1C(=O)N(C(C)C)C[C@@H]2CCC(=O)C[C@H]12. The van der Waals surface area contributed by atoms with Gasteiger partial charge < -0.3 is 4.90 Å². The molecule has 1 aliphatic heterocycles. The summed E-state index contributed by atoms with van der Waals surface area (Å²) < 4.78 is 0. The molecule has 2 rings (SSSR count). The summed E-state index contributed by atoms with van der Waals surface area (Å²) in [5.41, 5.74) is 0. The second kappa shape index (κ2) is 4.82. The summed E-state index contributed by atoms with van der Waals surface area (Å²) >= 11 is 0. The van der Waals surface area contributed by atoms with Gasteiger partial charge in [-0.25, -0.2) is 0 Å². The summed E-state index contributed by atoms with van der Waals surface area (Å²) in [5.74, 6) is -0.282. The molecule has 1 saturated heterocycles. The third-order valence-corrected chi connectivity index (χ3v) is 4.33. The summed E-state index contributed by atoms with van der Waals surface area (Å²) in [6.07, 6.45) is 1.84. The zero-order valence-corrected chi connectivity index (χ0v) is 11.3. The quantitative estimate of drug-likeness (QED) is 0.698. The third kappa shape index (κ3) is 2.20. The number of carbonyl (C=O) groups is 3. The molecule has 18 heavy (non-hydrogen) atoms. The van der Waals surface area contributed by atoms with Crippen molar-refractivity contribution in [2.75, 3.05) is 6.54 Å². The number of likely N-dealkylation sites (tertiary alicyclic amines) is 1. The van der Waals surface area contributed by atoms with Gasteiger partial charge in [0.05, 0.1) is 5.92 Å². The molecule has 4 nitrogen and oxygen atoms in total. The van der Waals surface area contributed by atoms with Crippen LogP contribution in [0.1, 0.15) is 40.0 Å². The number of hydrogen-bond donors (Lipinski definition) is 0. The number of amides is 1. The maximum absolute atomic E-state index is 12.4. The molecule has 2 fully saturated rings. The molecular weight excluding hydrogens is 230 g/mol. The number of piperidine rings is 1. The van der Waals surface area contributed by atoms with Gasteiger partial charge in [0.15, 0.2) is 0 Å². The third-order valence-electron chi connectivity index (χ3n) is 4.33. The van der Waals surface area contributed by atoms with Gasteiger partial charge in [0.2, 0.25) is 5.91 Å². The maximum atomic E-state index is 12.4. The highest BCUT2D eigenvalue weighted by Crippen LogP contribution is 2.39. The first-order valence-corrected chi connectivity index (χ1v) is 6.74. The van der Waals surface area contributed by atoms with E-state index in [-0.39, 0.29) is 29.4 Å².